The highest BCUT2D eigenvalue weighted by molar-refractivity contribution is 8.27. The van der Waals surface area contributed by atoms with E-state index in [-0.39, 0.29) is 34.3 Å². The lowest BCUT2D eigenvalue weighted by atomic mass is 10.1. The maximum absolute atomic E-state index is 13.2. The predicted molar refractivity (Wildman–Crippen MR) is 128 cm³/mol. The summed E-state index contributed by atoms with van der Waals surface area (Å²) in [7, 11) is -2.12. The molecule has 34 heavy (non-hydrogen) atoms. The predicted octanol–water partition coefficient (Wildman–Crippen LogP) is 1.49. The van der Waals surface area contributed by atoms with Crippen molar-refractivity contribution in [2.24, 2.45) is 5.73 Å². The van der Waals surface area contributed by atoms with Crippen molar-refractivity contribution in [3.63, 3.8) is 0 Å². The molecule has 0 radical (unpaired) electrons. The molecule has 3 saturated heterocycles. The summed E-state index contributed by atoms with van der Waals surface area (Å²) in [5.41, 5.74) is 7.16. The first kappa shape index (κ1) is 24.4. The van der Waals surface area contributed by atoms with E-state index >= 15 is 0 Å². The Hall–Kier alpha value is -2.68. The van der Waals surface area contributed by atoms with Crippen LogP contribution in [0.15, 0.2) is 29.2 Å². The number of carbonyl (C=O) groups excluding carboxylic acids is 2. The minimum Gasteiger partial charge on any atom is -0.330 e. The van der Waals surface area contributed by atoms with Crippen LogP contribution in [0.1, 0.15) is 37.8 Å². The Morgan fingerprint density at radius 3 is 2.62 bits per heavy atom. The highest BCUT2D eigenvalue weighted by atomic mass is 32.3. The maximum atomic E-state index is 13.2. The van der Waals surface area contributed by atoms with Crippen LogP contribution >= 0.6 is 10.2 Å². The zero-order chi connectivity index (χ0) is 24.8. The molecule has 2 amide bonds. The van der Waals surface area contributed by atoms with E-state index in [2.05, 4.69) is 6.07 Å². The third-order valence-electron chi connectivity index (χ3n) is 7.48. The van der Waals surface area contributed by atoms with E-state index in [1.54, 1.807) is 29.5 Å². The van der Waals surface area contributed by atoms with Gasteiger partial charge in [-0.15, -0.1) is 0 Å². The Labute approximate surface area is 201 Å². The van der Waals surface area contributed by atoms with Gasteiger partial charge >= 0.3 is 0 Å². The van der Waals surface area contributed by atoms with Crippen LogP contribution in [0.5, 0.6) is 0 Å². The molecule has 11 heteroatoms. The normalized spacial score (nSPS) is 27.0. The molecule has 3 fully saturated rings. The lowest BCUT2D eigenvalue weighted by Gasteiger charge is -2.38. The highest BCUT2D eigenvalue weighted by Gasteiger charge is 2.51. The summed E-state index contributed by atoms with van der Waals surface area (Å²) in [6, 6.07) is 7.95. The molecule has 184 valence electrons. The lowest BCUT2D eigenvalue weighted by Crippen LogP contribution is -2.56. The van der Waals surface area contributed by atoms with Crippen LogP contribution in [0, 0.1) is 21.4 Å². The van der Waals surface area contributed by atoms with Gasteiger partial charge in [-0.3, -0.25) is 24.6 Å². The Balaban J connectivity index is 1.39. The molecule has 4 rings (SSSR count). The van der Waals surface area contributed by atoms with Gasteiger partial charge in [0.1, 0.15) is 6.04 Å². The Bertz CT molecular complexity index is 1030. The number of hydrogen-bond acceptors (Lipinski definition) is 7. The molecule has 1 aromatic carbocycles. The number of amides is 2. The van der Waals surface area contributed by atoms with Crippen molar-refractivity contribution in [1.29, 1.82) is 5.26 Å². The van der Waals surface area contributed by atoms with Gasteiger partial charge in [0.05, 0.1) is 33.4 Å². The van der Waals surface area contributed by atoms with Crippen LogP contribution in [-0.2, 0) is 9.59 Å². The van der Waals surface area contributed by atoms with Crippen LogP contribution < -0.4 is 5.73 Å². The van der Waals surface area contributed by atoms with Gasteiger partial charge in [0.15, 0.2) is 0 Å². The molecule has 10 nitrogen and oxygen atoms in total. The fourth-order valence-electron chi connectivity index (χ4n) is 5.43. The zero-order valence-corrected chi connectivity index (χ0v) is 20.6. The van der Waals surface area contributed by atoms with Gasteiger partial charge in [-0.05, 0) is 43.9 Å². The minimum atomic E-state index is -2.12. The summed E-state index contributed by atoms with van der Waals surface area (Å²) in [5, 5.41) is 20.6. The molecule has 0 aromatic heterocycles. The van der Waals surface area contributed by atoms with Crippen LogP contribution in [0.3, 0.4) is 0 Å². The fraction of sp³-hybridized carbons (Fsp3) is 0.609. The third kappa shape index (κ3) is 4.15. The SMILES string of the molecule is C[C@@H](c1ccc(S(C)(C)[N+](=O)[O-])cc1)N1C(=O)[C@@H]2C[C@H]1CN2C[C@H](N)C(=O)N1CCCC1C#N. The smallest absolute Gasteiger partial charge is 0.241 e. The molecule has 5 atom stereocenters. The number of likely N-dealkylation sites (tertiary alicyclic amines) is 3. The summed E-state index contributed by atoms with van der Waals surface area (Å²) in [4.78, 5) is 43.6. The minimum absolute atomic E-state index is 0.0276. The van der Waals surface area contributed by atoms with E-state index in [4.69, 9.17) is 5.73 Å². The van der Waals surface area contributed by atoms with Gasteiger partial charge in [0, 0.05) is 48.4 Å². The van der Waals surface area contributed by atoms with E-state index in [1.165, 1.54) is 0 Å². The molecule has 3 aliphatic heterocycles. The first-order chi connectivity index (χ1) is 16.1. The van der Waals surface area contributed by atoms with Crippen molar-refractivity contribution in [3.8, 4) is 6.07 Å². The number of nitro groups is 1. The standard InChI is InChI=1S/C23H32N6O4S/c1-15(16-6-8-19(9-7-16)34(2,3)29(32)33)28-18-11-21(23(28)31)26(13-18)14-20(25)22(30)27-10-4-5-17(27)12-24/h6-9,15,17-18,20-21H,4-5,10-11,13-14,25H2,1-3H3/t15-,17?,18-,20-,21-/m0/s1. The number of nitrogens with zero attached hydrogens (tertiary/aromatic N) is 5. The van der Waals surface area contributed by atoms with E-state index in [1.807, 2.05) is 28.9 Å². The van der Waals surface area contributed by atoms with Gasteiger partial charge in [-0.1, -0.05) is 12.1 Å². The molecule has 1 unspecified atom stereocenters. The second-order valence-corrected chi connectivity index (χ2v) is 13.1. The van der Waals surface area contributed by atoms with Crippen LogP contribution in [0.25, 0.3) is 0 Å². The third-order valence-corrected chi connectivity index (χ3v) is 9.65. The van der Waals surface area contributed by atoms with Crippen molar-refractivity contribution >= 4 is 22.0 Å². The first-order valence-corrected chi connectivity index (χ1v) is 14.0. The number of rotatable bonds is 7. The Kier molecular flexibility index (Phi) is 6.59. The van der Waals surface area contributed by atoms with Gasteiger partial charge in [0.25, 0.3) is 0 Å². The van der Waals surface area contributed by atoms with Crippen LogP contribution in [0.2, 0.25) is 0 Å². The molecule has 0 saturated carbocycles. The summed E-state index contributed by atoms with van der Waals surface area (Å²) < 4.78 is -0.220. The van der Waals surface area contributed by atoms with E-state index < -0.39 is 22.3 Å². The molecular weight excluding hydrogens is 456 g/mol. The molecule has 2 N–H and O–H groups in total. The zero-order valence-electron chi connectivity index (χ0n) is 19.8. The van der Waals surface area contributed by atoms with Crippen molar-refractivity contribution in [1.82, 2.24) is 14.7 Å². The number of fused-ring (bicyclic) bond motifs is 2. The average Bonchev–Trinajstić information content (AvgIpc) is 3.52. The van der Waals surface area contributed by atoms with Crippen LogP contribution in [0.4, 0.5) is 0 Å². The first-order valence-electron chi connectivity index (χ1n) is 11.6. The van der Waals surface area contributed by atoms with Crippen LogP contribution in [-0.4, -0.2) is 87.2 Å². The maximum Gasteiger partial charge on any atom is 0.241 e. The van der Waals surface area contributed by atoms with Gasteiger partial charge in [-0.2, -0.15) is 5.26 Å². The number of nitriles is 1. The highest BCUT2D eigenvalue weighted by Crippen LogP contribution is 2.49. The van der Waals surface area contributed by atoms with Gasteiger partial charge in [-0.25, -0.2) is 0 Å². The molecule has 3 aliphatic rings. The molecule has 0 spiro atoms. The number of hydrogen-bond donors (Lipinski definition) is 1. The molecule has 0 aliphatic carbocycles. The summed E-state index contributed by atoms with van der Waals surface area (Å²) in [6.45, 7) is 3.49. The second-order valence-electron chi connectivity index (χ2n) is 9.77. The number of benzene rings is 1. The summed E-state index contributed by atoms with van der Waals surface area (Å²) in [5.74, 6) is -0.191. The molecule has 2 bridgehead atoms. The molecular formula is C23H32N6O4S. The monoisotopic (exact) mass is 488 g/mol. The quantitative estimate of drug-likeness (QED) is 0.453. The van der Waals surface area contributed by atoms with Gasteiger partial charge < -0.3 is 15.5 Å². The fourth-order valence-corrected chi connectivity index (χ4v) is 6.41. The largest absolute Gasteiger partial charge is 0.330 e. The number of piperazine rings is 1. The number of nitrogens with two attached hydrogens (primary N) is 1. The van der Waals surface area contributed by atoms with Crippen molar-refractivity contribution in [2.75, 3.05) is 32.1 Å². The average molecular weight is 489 g/mol. The summed E-state index contributed by atoms with van der Waals surface area (Å²) in [6.07, 6.45) is 5.50. The lowest BCUT2D eigenvalue weighted by molar-refractivity contribution is -0.295. The second kappa shape index (κ2) is 9.17. The van der Waals surface area contributed by atoms with Crippen molar-refractivity contribution in [2.45, 2.75) is 61.3 Å². The van der Waals surface area contributed by atoms with Gasteiger partial charge in [0.2, 0.25) is 11.8 Å². The van der Waals surface area contributed by atoms with E-state index in [0.717, 1.165) is 12.0 Å². The number of carbonyl (C=O) groups is 2. The van der Waals surface area contributed by atoms with E-state index in [0.29, 0.717) is 37.4 Å². The van der Waals surface area contributed by atoms with E-state index in [9.17, 15) is 25.0 Å². The Morgan fingerprint density at radius 2 is 2.03 bits per heavy atom. The van der Waals surface area contributed by atoms with Crippen molar-refractivity contribution < 1.29 is 13.9 Å². The Morgan fingerprint density at radius 1 is 1.35 bits per heavy atom. The molecule has 3 heterocycles. The summed E-state index contributed by atoms with van der Waals surface area (Å²) >= 11 is 0. The topological polar surface area (TPSA) is 137 Å². The molecule has 1 aromatic rings. The van der Waals surface area contributed by atoms with Crippen molar-refractivity contribution in [3.05, 3.63) is 39.9 Å².